The summed E-state index contributed by atoms with van der Waals surface area (Å²) in [5.74, 6) is 5.86. The number of aliphatic carboxylic acids is 2. The molecule has 0 radical (unpaired) electrons. The first-order valence-electron chi connectivity index (χ1n) is 9.83. The van der Waals surface area contributed by atoms with Crippen LogP contribution >= 0.6 is 23.5 Å². The van der Waals surface area contributed by atoms with Crippen molar-refractivity contribution in [2.75, 3.05) is 18.6 Å². The van der Waals surface area contributed by atoms with Crippen LogP contribution in [0.3, 0.4) is 0 Å². The molecule has 1 fully saturated rings. The molecule has 2 aromatic carbocycles. The van der Waals surface area contributed by atoms with E-state index in [-0.39, 0.29) is 6.04 Å². The van der Waals surface area contributed by atoms with E-state index in [1.54, 1.807) is 0 Å². The Kier molecular flexibility index (Phi) is 10.6. The van der Waals surface area contributed by atoms with Gasteiger partial charge >= 0.3 is 11.9 Å². The van der Waals surface area contributed by atoms with Gasteiger partial charge in [0.05, 0.1) is 10.6 Å². The number of carbonyl (C=O) groups is 2. The minimum absolute atomic E-state index is 0.225. The maximum atomic E-state index is 9.10. The first-order chi connectivity index (χ1) is 14.5. The molecule has 0 aliphatic carbocycles. The normalized spacial score (nSPS) is 14.7. The van der Waals surface area contributed by atoms with Gasteiger partial charge in [0.25, 0.3) is 0 Å². The molecule has 1 aliphatic rings. The summed E-state index contributed by atoms with van der Waals surface area (Å²) < 4.78 is 0.763. The molecule has 1 atom stereocenters. The first kappa shape index (κ1) is 24.1. The van der Waals surface area contributed by atoms with Crippen molar-refractivity contribution in [1.29, 1.82) is 0 Å². The van der Waals surface area contributed by atoms with Crippen LogP contribution in [0, 0.1) is 11.8 Å². The molecular formula is C23H27NO4S2. The standard InChI is InChI=1S/C21H25NS2.C2H2O4/c1-22-19(11-3-5-13-21-23-14-7-15-24-21)16-18-10-6-9-17-8-2-4-12-20(17)18;3-1(4)2(5)6/h2,4,6,8-10,12,19,21-22H,5,7,13-16H2,1H3;(H,3,4)(H,5,6). The van der Waals surface area contributed by atoms with E-state index >= 15 is 0 Å². The molecule has 2 aromatic rings. The molecule has 3 N–H and O–H groups in total. The van der Waals surface area contributed by atoms with Crippen LogP contribution in [0.4, 0.5) is 0 Å². The van der Waals surface area contributed by atoms with Crippen molar-refractivity contribution in [1.82, 2.24) is 5.32 Å². The van der Waals surface area contributed by atoms with Gasteiger partial charge in [-0.25, -0.2) is 9.59 Å². The van der Waals surface area contributed by atoms with Crippen LogP contribution in [0.5, 0.6) is 0 Å². The number of thioether (sulfide) groups is 2. The fraction of sp³-hybridized carbons (Fsp3) is 0.391. The third kappa shape index (κ3) is 8.31. The van der Waals surface area contributed by atoms with Crippen LogP contribution in [-0.2, 0) is 16.0 Å². The zero-order valence-corrected chi connectivity index (χ0v) is 18.6. The molecule has 0 bridgehead atoms. The Labute approximate surface area is 186 Å². The van der Waals surface area contributed by atoms with Gasteiger partial charge < -0.3 is 15.5 Å². The van der Waals surface area contributed by atoms with Crippen molar-refractivity contribution in [3.05, 3.63) is 48.0 Å². The summed E-state index contributed by atoms with van der Waals surface area (Å²) in [5, 5.41) is 20.8. The maximum absolute atomic E-state index is 9.10. The Morgan fingerprint density at radius 3 is 2.43 bits per heavy atom. The lowest BCUT2D eigenvalue weighted by molar-refractivity contribution is -0.159. The van der Waals surface area contributed by atoms with E-state index in [0.717, 1.165) is 17.4 Å². The lowest BCUT2D eigenvalue weighted by atomic mass is 9.99. The van der Waals surface area contributed by atoms with E-state index in [1.165, 1.54) is 40.7 Å². The van der Waals surface area contributed by atoms with Crippen molar-refractivity contribution in [3.8, 4) is 11.8 Å². The van der Waals surface area contributed by atoms with Crippen LogP contribution in [0.1, 0.15) is 24.8 Å². The highest BCUT2D eigenvalue weighted by atomic mass is 32.2. The predicted molar refractivity (Wildman–Crippen MR) is 126 cm³/mol. The minimum Gasteiger partial charge on any atom is -0.473 e. The molecule has 0 spiro atoms. The second-order valence-corrected chi connectivity index (χ2v) is 9.60. The molecule has 1 heterocycles. The Balaban J connectivity index is 0.000000469. The second kappa shape index (κ2) is 13.2. The Hall–Kier alpha value is -2.14. The summed E-state index contributed by atoms with van der Waals surface area (Å²) in [6.07, 6.45) is 4.55. The van der Waals surface area contributed by atoms with Crippen molar-refractivity contribution < 1.29 is 19.8 Å². The van der Waals surface area contributed by atoms with Gasteiger partial charge in [0, 0.05) is 6.42 Å². The maximum Gasteiger partial charge on any atom is 0.414 e. The number of hydrogen-bond donors (Lipinski definition) is 3. The molecule has 1 unspecified atom stereocenters. The summed E-state index contributed by atoms with van der Waals surface area (Å²) in [7, 11) is 2.01. The zero-order chi connectivity index (χ0) is 21.8. The van der Waals surface area contributed by atoms with Crippen molar-refractivity contribution in [2.45, 2.75) is 36.3 Å². The summed E-state index contributed by atoms with van der Waals surface area (Å²) in [5.41, 5.74) is 1.38. The van der Waals surface area contributed by atoms with Gasteiger partial charge in [-0.2, -0.15) is 0 Å². The van der Waals surface area contributed by atoms with Gasteiger partial charge in [0.1, 0.15) is 0 Å². The molecule has 7 heteroatoms. The van der Waals surface area contributed by atoms with E-state index in [0.29, 0.717) is 0 Å². The third-order valence-corrected chi connectivity index (χ3v) is 7.59. The molecule has 30 heavy (non-hydrogen) atoms. The van der Waals surface area contributed by atoms with Crippen molar-refractivity contribution >= 4 is 46.2 Å². The van der Waals surface area contributed by atoms with Gasteiger partial charge in [-0.05, 0) is 54.2 Å². The number of carboxylic acid groups (broad SMARTS) is 2. The largest absolute Gasteiger partial charge is 0.473 e. The average molecular weight is 446 g/mol. The van der Waals surface area contributed by atoms with E-state index in [1.807, 2.05) is 7.05 Å². The van der Waals surface area contributed by atoms with E-state index < -0.39 is 11.9 Å². The second-order valence-electron chi connectivity index (χ2n) is 6.68. The highest BCUT2D eigenvalue weighted by Gasteiger charge is 2.13. The number of fused-ring (bicyclic) bond motifs is 1. The molecular weight excluding hydrogens is 418 g/mol. The number of hydrogen-bond acceptors (Lipinski definition) is 5. The van der Waals surface area contributed by atoms with Crippen LogP contribution in [0.2, 0.25) is 0 Å². The van der Waals surface area contributed by atoms with Gasteiger partial charge in [-0.3, -0.25) is 0 Å². The zero-order valence-electron chi connectivity index (χ0n) is 17.0. The lowest BCUT2D eigenvalue weighted by Gasteiger charge is -2.19. The fourth-order valence-corrected chi connectivity index (χ4v) is 5.87. The van der Waals surface area contributed by atoms with Gasteiger partial charge in [-0.15, -0.1) is 29.4 Å². The molecule has 1 saturated heterocycles. The third-order valence-electron chi connectivity index (χ3n) is 4.51. The number of nitrogens with one attached hydrogen (secondary N) is 1. The quantitative estimate of drug-likeness (QED) is 0.472. The van der Waals surface area contributed by atoms with Gasteiger partial charge in [0.2, 0.25) is 0 Å². The van der Waals surface area contributed by atoms with Crippen molar-refractivity contribution in [3.63, 3.8) is 0 Å². The predicted octanol–water partition coefficient (Wildman–Crippen LogP) is 4.11. The SMILES string of the molecule is CNC(C#CCCC1SCCCS1)Cc1cccc2ccccc12.O=C(O)C(=O)O. The lowest BCUT2D eigenvalue weighted by Crippen LogP contribution is -2.25. The van der Waals surface area contributed by atoms with E-state index in [9.17, 15) is 0 Å². The first-order valence-corrected chi connectivity index (χ1v) is 11.9. The average Bonchev–Trinajstić information content (AvgIpc) is 2.77. The summed E-state index contributed by atoms with van der Waals surface area (Å²) in [6, 6.07) is 15.4. The number of likely N-dealkylation sites (N-methyl/N-ethyl adjacent to an activating group) is 1. The fourth-order valence-electron chi connectivity index (χ4n) is 3.00. The smallest absolute Gasteiger partial charge is 0.414 e. The van der Waals surface area contributed by atoms with Crippen molar-refractivity contribution in [2.24, 2.45) is 0 Å². The minimum atomic E-state index is -1.82. The van der Waals surface area contributed by atoms with Crippen LogP contribution in [-0.4, -0.2) is 51.3 Å². The van der Waals surface area contributed by atoms with Crippen LogP contribution in [0.15, 0.2) is 42.5 Å². The molecule has 0 aromatic heterocycles. The number of carboxylic acids is 2. The summed E-state index contributed by atoms with van der Waals surface area (Å²) in [6.45, 7) is 0. The summed E-state index contributed by atoms with van der Waals surface area (Å²) in [4.78, 5) is 18.2. The van der Waals surface area contributed by atoms with Gasteiger partial charge in [0.15, 0.2) is 0 Å². The number of benzene rings is 2. The molecule has 5 nitrogen and oxygen atoms in total. The Morgan fingerprint density at radius 1 is 1.10 bits per heavy atom. The molecule has 3 rings (SSSR count). The Morgan fingerprint density at radius 2 is 1.77 bits per heavy atom. The molecule has 160 valence electrons. The highest BCUT2D eigenvalue weighted by molar-refractivity contribution is 8.17. The number of rotatable bonds is 5. The summed E-state index contributed by atoms with van der Waals surface area (Å²) >= 11 is 4.22. The van der Waals surface area contributed by atoms with E-state index in [4.69, 9.17) is 19.8 Å². The monoisotopic (exact) mass is 445 g/mol. The van der Waals surface area contributed by atoms with E-state index in [2.05, 4.69) is 83.1 Å². The van der Waals surface area contributed by atoms with Crippen LogP contribution < -0.4 is 5.32 Å². The molecule has 0 amide bonds. The Bertz CT molecular complexity index is 883. The topological polar surface area (TPSA) is 86.6 Å². The van der Waals surface area contributed by atoms with Crippen LogP contribution in [0.25, 0.3) is 10.8 Å². The molecule has 1 aliphatic heterocycles. The molecule has 0 saturated carbocycles. The van der Waals surface area contributed by atoms with Gasteiger partial charge in [-0.1, -0.05) is 48.4 Å². The highest BCUT2D eigenvalue weighted by Crippen LogP contribution is 2.33.